The maximum absolute atomic E-state index is 12.3. The number of amides is 2. The predicted molar refractivity (Wildman–Crippen MR) is 100 cm³/mol. The van der Waals surface area contributed by atoms with E-state index in [1.165, 1.54) is 22.7 Å². The van der Waals surface area contributed by atoms with Crippen molar-refractivity contribution in [3.8, 4) is 0 Å². The number of anilines is 2. The summed E-state index contributed by atoms with van der Waals surface area (Å²) in [4.78, 5) is 34.7. The SMILES string of the molecule is Cc1cccc2sc(NC(=O)Cc3csc(N4CCCC4=O)n3)nc12. The van der Waals surface area contributed by atoms with Gasteiger partial charge >= 0.3 is 0 Å². The van der Waals surface area contributed by atoms with Gasteiger partial charge < -0.3 is 5.32 Å². The smallest absolute Gasteiger partial charge is 0.232 e. The van der Waals surface area contributed by atoms with Gasteiger partial charge in [0.2, 0.25) is 11.8 Å². The van der Waals surface area contributed by atoms with Gasteiger partial charge in [0.15, 0.2) is 10.3 Å². The van der Waals surface area contributed by atoms with Crippen molar-refractivity contribution in [2.45, 2.75) is 26.2 Å². The molecule has 0 atom stereocenters. The molecule has 0 radical (unpaired) electrons. The summed E-state index contributed by atoms with van der Waals surface area (Å²) in [5, 5.41) is 5.96. The van der Waals surface area contributed by atoms with E-state index in [4.69, 9.17) is 0 Å². The van der Waals surface area contributed by atoms with Crippen molar-refractivity contribution >= 4 is 55.0 Å². The highest BCUT2D eigenvalue weighted by atomic mass is 32.1. The van der Waals surface area contributed by atoms with Crippen LogP contribution in [0.1, 0.15) is 24.1 Å². The largest absolute Gasteiger partial charge is 0.302 e. The number of aromatic nitrogens is 2. The Morgan fingerprint density at radius 3 is 3.00 bits per heavy atom. The van der Waals surface area contributed by atoms with E-state index in [0.717, 1.165) is 22.2 Å². The highest BCUT2D eigenvalue weighted by molar-refractivity contribution is 7.22. The van der Waals surface area contributed by atoms with Gasteiger partial charge in [-0.2, -0.15) is 0 Å². The van der Waals surface area contributed by atoms with Gasteiger partial charge in [0.05, 0.1) is 22.3 Å². The topological polar surface area (TPSA) is 75.2 Å². The first-order chi connectivity index (χ1) is 12.1. The van der Waals surface area contributed by atoms with Crippen LogP contribution in [0, 0.1) is 6.92 Å². The molecule has 1 aliphatic heterocycles. The molecule has 0 bridgehead atoms. The van der Waals surface area contributed by atoms with Crippen molar-refractivity contribution in [3.05, 3.63) is 34.8 Å². The standard InChI is InChI=1S/C17H16N4O2S2/c1-10-4-2-5-12-15(10)20-16(25-12)19-13(22)8-11-9-24-17(18-11)21-7-3-6-14(21)23/h2,4-5,9H,3,6-8H2,1H3,(H,19,20,22). The minimum Gasteiger partial charge on any atom is -0.302 e. The lowest BCUT2D eigenvalue weighted by molar-refractivity contribution is -0.117. The molecule has 2 amide bonds. The van der Waals surface area contributed by atoms with Gasteiger partial charge in [-0.05, 0) is 25.0 Å². The lowest BCUT2D eigenvalue weighted by Crippen LogP contribution is -2.23. The summed E-state index contributed by atoms with van der Waals surface area (Å²) >= 11 is 2.87. The van der Waals surface area contributed by atoms with Crippen LogP contribution in [0.15, 0.2) is 23.6 Å². The number of hydrogen-bond acceptors (Lipinski definition) is 6. The zero-order chi connectivity index (χ0) is 17.4. The van der Waals surface area contributed by atoms with Crippen LogP contribution < -0.4 is 10.2 Å². The third-order valence-electron chi connectivity index (χ3n) is 4.05. The molecule has 0 spiro atoms. The van der Waals surface area contributed by atoms with Crippen molar-refractivity contribution in [1.82, 2.24) is 9.97 Å². The van der Waals surface area contributed by atoms with Crippen LogP contribution in [0.25, 0.3) is 10.2 Å². The van der Waals surface area contributed by atoms with Crippen LogP contribution >= 0.6 is 22.7 Å². The summed E-state index contributed by atoms with van der Waals surface area (Å²) < 4.78 is 1.05. The quantitative estimate of drug-likeness (QED) is 0.762. The molecule has 3 heterocycles. The second-order valence-corrected chi connectivity index (χ2v) is 7.80. The van der Waals surface area contributed by atoms with Gasteiger partial charge in [-0.3, -0.25) is 14.5 Å². The second-order valence-electron chi connectivity index (χ2n) is 5.94. The molecule has 1 N–H and O–H groups in total. The molecule has 1 saturated heterocycles. The molecular weight excluding hydrogens is 356 g/mol. The Labute approximate surface area is 152 Å². The average molecular weight is 372 g/mol. The fraction of sp³-hybridized carbons (Fsp3) is 0.294. The number of nitrogens with zero attached hydrogens (tertiary/aromatic N) is 3. The lowest BCUT2D eigenvalue weighted by atomic mass is 10.2. The van der Waals surface area contributed by atoms with Gasteiger partial charge in [-0.25, -0.2) is 9.97 Å². The summed E-state index contributed by atoms with van der Waals surface area (Å²) in [6.07, 6.45) is 1.62. The number of thiazole rings is 2. The number of nitrogens with one attached hydrogen (secondary N) is 1. The van der Waals surface area contributed by atoms with Crippen LogP contribution in [-0.2, 0) is 16.0 Å². The van der Waals surface area contributed by atoms with Crippen molar-refractivity contribution in [3.63, 3.8) is 0 Å². The van der Waals surface area contributed by atoms with E-state index < -0.39 is 0 Å². The number of benzene rings is 1. The zero-order valence-corrected chi connectivity index (χ0v) is 15.2. The van der Waals surface area contributed by atoms with Gasteiger partial charge in [-0.15, -0.1) is 11.3 Å². The fourth-order valence-corrected chi connectivity index (χ4v) is 4.65. The lowest BCUT2D eigenvalue weighted by Gasteiger charge is -2.10. The third-order valence-corrected chi connectivity index (χ3v) is 5.90. The molecule has 8 heteroatoms. The summed E-state index contributed by atoms with van der Waals surface area (Å²) in [5.41, 5.74) is 2.69. The molecule has 3 aromatic rings. The van der Waals surface area contributed by atoms with E-state index in [-0.39, 0.29) is 18.2 Å². The Kier molecular flexibility index (Phi) is 4.22. The summed E-state index contributed by atoms with van der Waals surface area (Å²) in [5.74, 6) is -0.0449. The number of carbonyl (C=O) groups is 2. The molecule has 6 nitrogen and oxygen atoms in total. The van der Waals surface area contributed by atoms with E-state index in [0.29, 0.717) is 28.9 Å². The fourth-order valence-electron chi connectivity index (χ4n) is 2.82. The molecule has 25 heavy (non-hydrogen) atoms. The van der Waals surface area contributed by atoms with Crippen LogP contribution in [0.5, 0.6) is 0 Å². The molecule has 2 aromatic heterocycles. The second kappa shape index (κ2) is 6.53. The maximum Gasteiger partial charge on any atom is 0.232 e. The molecule has 1 fully saturated rings. The zero-order valence-electron chi connectivity index (χ0n) is 13.6. The van der Waals surface area contributed by atoms with Crippen molar-refractivity contribution in [2.24, 2.45) is 0 Å². The van der Waals surface area contributed by atoms with Crippen molar-refractivity contribution in [2.75, 3.05) is 16.8 Å². The minimum absolute atomic E-state index is 0.107. The number of carbonyl (C=O) groups excluding carboxylic acids is 2. The summed E-state index contributed by atoms with van der Waals surface area (Å²) in [6.45, 7) is 2.72. The van der Waals surface area contributed by atoms with Gasteiger partial charge in [0.25, 0.3) is 0 Å². The number of rotatable bonds is 4. The Balaban J connectivity index is 1.44. The van der Waals surface area contributed by atoms with Crippen LogP contribution in [0.2, 0.25) is 0 Å². The first-order valence-corrected chi connectivity index (χ1v) is 9.70. The number of para-hydroxylation sites is 1. The van der Waals surface area contributed by atoms with Crippen LogP contribution in [-0.4, -0.2) is 28.3 Å². The third kappa shape index (κ3) is 3.27. The van der Waals surface area contributed by atoms with Gasteiger partial charge in [0, 0.05) is 18.3 Å². The molecule has 4 rings (SSSR count). The Morgan fingerprint density at radius 2 is 2.24 bits per heavy atom. The van der Waals surface area contributed by atoms with Crippen molar-refractivity contribution in [1.29, 1.82) is 0 Å². The van der Waals surface area contributed by atoms with E-state index in [2.05, 4.69) is 15.3 Å². The molecular formula is C17H16N4O2S2. The van der Waals surface area contributed by atoms with E-state index in [9.17, 15) is 9.59 Å². The summed E-state index contributed by atoms with van der Waals surface area (Å²) in [6, 6.07) is 5.98. The molecule has 1 aromatic carbocycles. The number of hydrogen-bond donors (Lipinski definition) is 1. The van der Waals surface area contributed by atoms with E-state index >= 15 is 0 Å². The monoisotopic (exact) mass is 372 g/mol. The van der Waals surface area contributed by atoms with Gasteiger partial charge in [0.1, 0.15) is 0 Å². The number of fused-ring (bicyclic) bond motifs is 1. The number of aryl methyl sites for hydroxylation is 1. The molecule has 128 valence electrons. The highest BCUT2D eigenvalue weighted by Gasteiger charge is 2.24. The Morgan fingerprint density at radius 1 is 1.36 bits per heavy atom. The van der Waals surface area contributed by atoms with Gasteiger partial charge in [-0.1, -0.05) is 23.5 Å². The Bertz CT molecular complexity index is 963. The average Bonchev–Trinajstić information content (AvgIpc) is 3.27. The normalized spacial score (nSPS) is 14.4. The van der Waals surface area contributed by atoms with Crippen molar-refractivity contribution < 1.29 is 9.59 Å². The van der Waals surface area contributed by atoms with Crippen LogP contribution in [0.3, 0.4) is 0 Å². The molecule has 1 aliphatic rings. The first-order valence-electron chi connectivity index (χ1n) is 8.01. The molecule has 0 saturated carbocycles. The van der Waals surface area contributed by atoms with E-state index in [1.54, 1.807) is 4.90 Å². The highest BCUT2D eigenvalue weighted by Crippen LogP contribution is 2.28. The van der Waals surface area contributed by atoms with E-state index in [1.807, 2.05) is 30.5 Å². The first kappa shape index (κ1) is 16.2. The summed E-state index contributed by atoms with van der Waals surface area (Å²) in [7, 11) is 0. The van der Waals surface area contributed by atoms with Crippen LogP contribution in [0.4, 0.5) is 10.3 Å². The molecule has 0 aliphatic carbocycles. The maximum atomic E-state index is 12.3. The minimum atomic E-state index is -0.152. The predicted octanol–water partition coefficient (Wildman–Crippen LogP) is 3.37. The molecule has 0 unspecified atom stereocenters. The Hall–Kier alpha value is -2.32.